The van der Waals surface area contributed by atoms with E-state index in [1.54, 1.807) is 14.2 Å². The maximum Gasteiger partial charge on any atom is 0.303 e. The van der Waals surface area contributed by atoms with Gasteiger partial charge >= 0.3 is 5.97 Å². The summed E-state index contributed by atoms with van der Waals surface area (Å²) >= 11 is 3.46. The lowest BCUT2D eigenvalue weighted by Gasteiger charge is -2.20. The number of halogens is 1. The van der Waals surface area contributed by atoms with Gasteiger partial charge in [-0.3, -0.25) is 4.79 Å². The van der Waals surface area contributed by atoms with Gasteiger partial charge in [0.05, 0.1) is 20.6 Å². The van der Waals surface area contributed by atoms with E-state index < -0.39 is 5.97 Å². The van der Waals surface area contributed by atoms with Crippen molar-refractivity contribution < 1.29 is 19.4 Å². The van der Waals surface area contributed by atoms with Crippen molar-refractivity contribution in [2.24, 2.45) is 5.92 Å². The van der Waals surface area contributed by atoms with Crippen molar-refractivity contribution in [3.05, 3.63) is 22.2 Å². The highest BCUT2D eigenvalue weighted by Crippen LogP contribution is 2.49. The summed E-state index contributed by atoms with van der Waals surface area (Å²) in [7, 11) is 3.18. The van der Waals surface area contributed by atoms with E-state index in [0.717, 1.165) is 22.9 Å². The Hall–Kier alpha value is -1.23. The molecule has 2 rings (SSSR count). The normalized spacial score (nSPS) is 15.9. The van der Waals surface area contributed by atoms with Gasteiger partial charge in [0.1, 0.15) is 16.0 Å². The average Bonchev–Trinajstić information content (AvgIpc) is 3.19. The average molecular weight is 329 g/mol. The van der Waals surface area contributed by atoms with Crippen molar-refractivity contribution >= 4 is 21.9 Å². The van der Waals surface area contributed by atoms with E-state index in [1.807, 2.05) is 12.1 Å². The smallest absolute Gasteiger partial charge is 0.303 e. The second kappa shape index (κ2) is 5.82. The van der Waals surface area contributed by atoms with Crippen LogP contribution in [0.3, 0.4) is 0 Å². The minimum absolute atomic E-state index is 0.00894. The van der Waals surface area contributed by atoms with Crippen molar-refractivity contribution in [2.45, 2.75) is 25.2 Å². The van der Waals surface area contributed by atoms with E-state index in [2.05, 4.69) is 15.9 Å². The molecule has 1 unspecified atom stereocenters. The van der Waals surface area contributed by atoms with Crippen LogP contribution in [0.25, 0.3) is 0 Å². The topological polar surface area (TPSA) is 55.8 Å². The second-order valence-corrected chi connectivity index (χ2v) is 5.54. The summed E-state index contributed by atoms with van der Waals surface area (Å²) in [5, 5.41) is 9.08. The number of ether oxygens (including phenoxy) is 2. The van der Waals surface area contributed by atoms with E-state index in [0.29, 0.717) is 17.4 Å². The van der Waals surface area contributed by atoms with E-state index in [-0.39, 0.29) is 12.3 Å². The third-order valence-electron chi connectivity index (χ3n) is 3.50. The van der Waals surface area contributed by atoms with Gasteiger partial charge in [-0.2, -0.15) is 0 Å². The fourth-order valence-electron chi connectivity index (χ4n) is 2.43. The van der Waals surface area contributed by atoms with Crippen molar-refractivity contribution in [3.63, 3.8) is 0 Å². The lowest BCUT2D eigenvalue weighted by atomic mass is 9.90. The van der Waals surface area contributed by atoms with E-state index in [1.165, 1.54) is 0 Å². The molecule has 1 N–H and O–H groups in total. The summed E-state index contributed by atoms with van der Waals surface area (Å²) in [4.78, 5) is 11.0. The molecular weight excluding hydrogens is 312 g/mol. The summed E-state index contributed by atoms with van der Waals surface area (Å²) in [6.45, 7) is 0. The number of aliphatic carboxylic acids is 1. The molecule has 0 spiro atoms. The summed E-state index contributed by atoms with van der Waals surface area (Å²) in [6, 6.07) is 3.76. The standard InChI is InChI=1S/C14H17BrO4/c1-18-11-6-5-9(14(19-2)13(11)15)10(7-12(16)17)8-3-4-8/h5-6,8,10H,3-4,7H2,1-2H3,(H,16,17). The van der Waals surface area contributed by atoms with Crippen molar-refractivity contribution in [1.29, 1.82) is 0 Å². The Bertz CT molecular complexity index is 483. The molecule has 0 saturated heterocycles. The molecule has 0 radical (unpaired) electrons. The van der Waals surface area contributed by atoms with Gasteiger partial charge in [0.15, 0.2) is 0 Å². The largest absolute Gasteiger partial charge is 0.495 e. The molecule has 1 fully saturated rings. The van der Waals surface area contributed by atoms with Gasteiger partial charge < -0.3 is 14.6 Å². The number of carboxylic acid groups (broad SMARTS) is 1. The first-order chi connectivity index (χ1) is 9.08. The number of methoxy groups -OCH3 is 2. The van der Waals surface area contributed by atoms with Crippen LogP contribution in [0, 0.1) is 5.92 Å². The second-order valence-electron chi connectivity index (χ2n) is 4.75. The third-order valence-corrected chi connectivity index (χ3v) is 4.25. The molecule has 1 aromatic rings. The molecule has 104 valence electrons. The third kappa shape index (κ3) is 3.03. The number of benzene rings is 1. The Labute approximate surface area is 120 Å². The number of carboxylic acids is 1. The molecule has 0 aliphatic heterocycles. The molecule has 5 heteroatoms. The molecule has 0 bridgehead atoms. The molecule has 1 saturated carbocycles. The summed E-state index contributed by atoms with van der Waals surface area (Å²) in [5.41, 5.74) is 0.945. The van der Waals surface area contributed by atoms with Crippen molar-refractivity contribution in [1.82, 2.24) is 0 Å². The molecule has 1 aliphatic carbocycles. The van der Waals surface area contributed by atoms with Crippen LogP contribution in [0.4, 0.5) is 0 Å². The molecule has 0 amide bonds. The summed E-state index contributed by atoms with van der Waals surface area (Å²) < 4.78 is 11.4. The van der Waals surface area contributed by atoms with Crippen LogP contribution in [-0.4, -0.2) is 25.3 Å². The van der Waals surface area contributed by atoms with Gasteiger partial charge in [0, 0.05) is 5.92 Å². The zero-order chi connectivity index (χ0) is 14.0. The Morgan fingerprint density at radius 3 is 2.58 bits per heavy atom. The van der Waals surface area contributed by atoms with Crippen molar-refractivity contribution in [3.8, 4) is 11.5 Å². The fraction of sp³-hybridized carbons (Fsp3) is 0.500. The minimum atomic E-state index is -0.772. The molecule has 0 aromatic heterocycles. The molecular formula is C14H17BrO4. The molecule has 4 nitrogen and oxygen atoms in total. The van der Waals surface area contributed by atoms with Crippen LogP contribution in [0.5, 0.6) is 11.5 Å². The molecule has 1 aliphatic rings. The first-order valence-electron chi connectivity index (χ1n) is 6.20. The van der Waals surface area contributed by atoms with Crippen LogP contribution in [0.2, 0.25) is 0 Å². The highest BCUT2D eigenvalue weighted by molar-refractivity contribution is 9.10. The highest BCUT2D eigenvalue weighted by atomic mass is 79.9. The maximum atomic E-state index is 11.0. The number of rotatable bonds is 6. The Morgan fingerprint density at radius 2 is 2.11 bits per heavy atom. The van der Waals surface area contributed by atoms with E-state index >= 15 is 0 Å². The van der Waals surface area contributed by atoms with Gasteiger partial charge in [-0.25, -0.2) is 0 Å². The van der Waals surface area contributed by atoms with Gasteiger partial charge in [0.25, 0.3) is 0 Å². The zero-order valence-corrected chi connectivity index (χ0v) is 12.6. The van der Waals surface area contributed by atoms with Gasteiger partial charge in [-0.05, 0) is 46.3 Å². The number of hydrogen-bond acceptors (Lipinski definition) is 3. The first-order valence-corrected chi connectivity index (χ1v) is 7.00. The molecule has 19 heavy (non-hydrogen) atoms. The maximum absolute atomic E-state index is 11.0. The first kappa shape index (κ1) is 14.2. The highest BCUT2D eigenvalue weighted by Gasteiger charge is 2.36. The Balaban J connectivity index is 2.41. The Kier molecular flexibility index (Phi) is 4.34. The van der Waals surface area contributed by atoms with Crippen LogP contribution in [0.1, 0.15) is 30.7 Å². The summed E-state index contributed by atoms with van der Waals surface area (Å²) in [5.74, 6) is 1.05. The van der Waals surface area contributed by atoms with Crippen molar-refractivity contribution in [2.75, 3.05) is 14.2 Å². The quantitative estimate of drug-likeness (QED) is 0.869. The van der Waals surface area contributed by atoms with Crippen LogP contribution in [-0.2, 0) is 4.79 Å². The lowest BCUT2D eigenvalue weighted by Crippen LogP contribution is -2.10. The lowest BCUT2D eigenvalue weighted by molar-refractivity contribution is -0.137. The predicted octanol–water partition coefficient (Wildman–Crippen LogP) is 3.43. The monoisotopic (exact) mass is 328 g/mol. The SMILES string of the molecule is COc1ccc(C(CC(=O)O)C2CC2)c(OC)c1Br. The number of hydrogen-bond donors (Lipinski definition) is 1. The minimum Gasteiger partial charge on any atom is -0.495 e. The predicted molar refractivity (Wildman–Crippen MR) is 75.0 cm³/mol. The van der Waals surface area contributed by atoms with Gasteiger partial charge in [0.2, 0.25) is 0 Å². The van der Waals surface area contributed by atoms with E-state index in [9.17, 15) is 4.79 Å². The van der Waals surface area contributed by atoms with Gasteiger partial charge in [-0.1, -0.05) is 6.07 Å². The molecule has 0 heterocycles. The van der Waals surface area contributed by atoms with E-state index in [4.69, 9.17) is 14.6 Å². The van der Waals surface area contributed by atoms with Crippen LogP contribution in [0.15, 0.2) is 16.6 Å². The van der Waals surface area contributed by atoms with Crippen LogP contribution >= 0.6 is 15.9 Å². The number of carbonyl (C=O) groups is 1. The van der Waals surface area contributed by atoms with Crippen LogP contribution < -0.4 is 9.47 Å². The zero-order valence-electron chi connectivity index (χ0n) is 11.0. The fourth-order valence-corrected chi connectivity index (χ4v) is 3.11. The molecule has 1 atom stereocenters. The van der Waals surface area contributed by atoms with Gasteiger partial charge in [-0.15, -0.1) is 0 Å². The summed E-state index contributed by atoms with van der Waals surface area (Å²) in [6.07, 6.45) is 2.31. The molecule has 1 aromatic carbocycles. The Morgan fingerprint density at radius 1 is 1.42 bits per heavy atom.